The molecule has 3 aromatic heterocycles. The van der Waals surface area contributed by atoms with Gasteiger partial charge in [-0.15, -0.1) is 0 Å². The molecular weight excluding hydrogens is 224 g/mol. The Morgan fingerprint density at radius 2 is 1.83 bits per heavy atom. The number of nitrogens with zero attached hydrogens (tertiary/aromatic N) is 1. The van der Waals surface area contributed by atoms with Crippen molar-refractivity contribution in [3.63, 3.8) is 0 Å². The van der Waals surface area contributed by atoms with E-state index in [0.717, 1.165) is 28.0 Å². The van der Waals surface area contributed by atoms with Crippen molar-refractivity contribution < 1.29 is 4.42 Å². The zero-order valence-corrected chi connectivity index (χ0v) is 9.55. The fourth-order valence-electron chi connectivity index (χ4n) is 2.29. The molecule has 18 heavy (non-hydrogen) atoms. The molecule has 0 unspecified atom stereocenters. The summed E-state index contributed by atoms with van der Waals surface area (Å²) in [7, 11) is 0. The molecule has 0 fully saturated rings. The average molecular weight is 234 g/mol. The Kier molecular flexibility index (Phi) is 1.83. The highest BCUT2D eigenvalue weighted by Crippen LogP contribution is 2.26. The third-order valence-corrected chi connectivity index (χ3v) is 3.14. The summed E-state index contributed by atoms with van der Waals surface area (Å²) in [6.07, 6.45) is 1.66. The maximum Gasteiger partial charge on any atom is 0.152 e. The van der Waals surface area contributed by atoms with E-state index in [1.165, 1.54) is 5.39 Å². The van der Waals surface area contributed by atoms with Crippen molar-refractivity contribution in [2.45, 2.75) is 0 Å². The Balaban J connectivity index is 2.04. The summed E-state index contributed by atoms with van der Waals surface area (Å²) in [6, 6.07) is 16.1. The fourth-order valence-corrected chi connectivity index (χ4v) is 2.29. The lowest BCUT2D eigenvalue weighted by Crippen LogP contribution is -1.81. The second-order valence-corrected chi connectivity index (χ2v) is 4.24. The third kappa shape index (κ3) is 1.27. The van der Waals surface area contributed by atoms with Gasteiger partial charge in [-0.1, -0.05) is 18.2 Å². The molecule has 0 atom stereocenters. The standard InChI is InChI=1S/C15H10N2O/c1-2-5-12-10(4-1)11-7-8-13(17-15(11)16-12)14-6-3-9-18-14/h1-9H,(H,16,17). The Labute approximate surface area is 103 Å². The van der Waals surface area contributed by atoms with Crippen LogP contribution in [0.25, 0.3) is 33.4 Å². The van der Waals surface area contributed by atoms with Gasteiger partial charge in [-0.05, 0) is 30.3 Å². The molecule has 0 spiro atoms. The van der Waals surface area contributed by atoms with Crippen molar-refractivity contribution in [2.24, 2.45) is 0 Å². The highest BCUT2D eigenvalue weighted by atomic mass is 16.3. The van der Waals surface area contributed by atoms with Crippen molar-refractivity contribution in [1.29, 1.82) is 0 Å². The first-order chi connectivity index (χ1) is 8.92. The van der Waals surface area contributed by atoms with Crippen molar-refractivity contribution in [3.05, 3.63) is 54.8 Å². The van der Waals surface area contributed by atoms with Crippen molar-refractivity contribution in [3.8, 4) is 11.5 Å². The van der Waals surface area contributed by atoms with E-state index >= 15 is 0 Å². The number of aromatic nitrogens is 2. The number of hydrogen-bond acceptors (Lipinski definition) is 2. The predicted molar refractivity (Wildman–Crippen MR) is 71.3 cm³/mol. The molecule has 0 aliphatic rings. The molecule has 1 N–H and O–H groups in total. The molecule has 3 nitrogen and oxygen atoms in total. The monoisotopic (exact) mass is 234 g/mol. The zero-order chi connectivity index (χ0) is 11.9. The average Bonchev–Trinajstić information content (AvgIpc) is 3.05. The molecule has 3 heterocycles. The maximum absolute atomic E-state index is 5.37. The normalized spacial score (nSPS) is 11.3. The topological polar surface area (TPSA) is 41.8 Å². The van der Waals surface area contributed by atoms with E-state index in [1.807, 2.05) is 30.3 Å². The third-order valence-electron chi connectivity index (χ3n) is 3.14. The van der Waals surface area contributed by atoms with Crippen LogP contribution < -0.4 is 0 Å². The molecule has 86 valence electrons. The summed E-state index contributed by atoms with van der Waals surface area (Å²) in [4.78, 5) is 7.93. The van der Waals surface area contributed by atoms with Gasteiger partial charge in [-0.3, -0.25) is 0 Å². The number of nitrogens with one attached hydrogen (secondary N) is 1. The first-order valence-corrected chi connectivity index (χ1v) is 5.83. The Hall–Kier alpha value is -2.55. The fraction of sp³-hybridized carbons (Fsp3) is 0. The van der Waals surface area contributed by atoms with E-state index in [-0.39, 0.29) is 0 Å². The minimum atomic E-state index is 0.788. The molecule has 4 aromatic rings. The summed E-state index contributed by atoms with van der Waals surface area (Å²) in [5, 5.41) is 2.34. The Morgan fingerprint density at radius 1 is 0.889 bits per heavy atom. The van der Waals surface area contributed by atoms with Gasteiger partial charge in [0.25, 0.3) is 0 Å². The van der Waals surface area contributed by atoms with E-state index < -0.39 is 0 Å². The van der Waals surface area contributed by atoms with Crippen LogP contribution in [-0.4, -0.2) is 9.97 Å². The molecule has 4 rings (SSSR count). The molecule has 0 saturated carbocycles. The zero-order valence-electron chi connectivity index (χ0n) is 9.55. The van der Waals surface area contributed by atoms with E-state index in [1.54, 1.807) is 6.26 Å². The first kappa shape index (κ1) is 9.48. The van der Waals surface area contributed by atoms with E-state index in [2.05, 4.69) is 28.2 Å². The Morgan fingerprint density at radius 3 is 2.72 bits per heavy atom. The first-order valence-electron chi connectivity index (χ1n) is 5.83. The summed E-state index contributed by atoms with van der Waals surface area (Å²) < 4.78 is 5.37. The minimum absolute atomic E-state index is 0.788. The molecular formula is C15H10N2O. The predicted octanol–water partition coefficient (Wildman–Crippen LogP) is 3.98. The van der Waals surface area contributed by atoms with Crippen molar-refractivity contribution >= 4 is 21.9 Å². The van der Waals surface area contributed by atoms with Crippen LogP contribution >= 0.6 is 0 Å². The number of benzene rings is 1. The molecule has 0 aliphatic heterocycles. The second kappa shape index (κ2) is 3.47. The van der Waals surface area contributed by atoms with Gasteiger partial charge in [0.2, 0.25) is 0 Å². The number of fused-ring (bicyclic) bond motifs is 3. The Bertz CT molecular complexity index is 828. The molecule has 1 aromatic carbocycles. The molecule has 0 aliphatic carbocycles. The largest absolute Gasteiger partial charge is 0.463 e. The number of aromatic amines is 1. The van der Waals surface area contributed by atoms with Crippen LogP contribution in [0.2, 0.25) is 0 Å². The molecule has 0 amide bonds. The van der Waals surface area contributed by atoms with Crippen molar-refractivity contribution in [2.75, 3.05) is 0 Å². The second-order valence-electron chi connectivity index (χ2n) is 4.24. The van der Waals surface area contributed by atoms with Crippen LogP contribution in [0.15, 0.2) is 59.2 Å². The van der Waals surface area contributed by atoms with Gasteiger partial charge < -0.3 is 9.40 Å². The van der Waals surface area contributed by atoms with Gasteiger partial charge >= 0.3 is 0 Å². The van der Waals surface area contributed by atoms with E-state index in [9.17, 15) is 0 Å². The lowest BCUT2D eigenvalue weighted by molar-refractivity contribution is 0.580. The SMILES string of the molecule is c1coc(-c2ccc3c(n2)[nH]c2ccccc23)c1. The van der Waals surface area contributed by atoms with E-state index in [0.29, 0.717) is 0 Å². The van der Waals surface area contributed by atoms with Crippen LogP contribution in [0.4, 0.5) is 0 Å². The number of furan rings is 1. The highest BCUT2D eigenvalue weighted by Gasteiger charge is 2.07. The number of para-hydroxylation sites is 1. The molecule has 0 radical (unpaired) electrons. The van der Waals surface area contributed by atoms with Crippen molar-refractivity contribution in [1.82, 2.24) is 9.97 Å². The van der Waals surface area contributed by atoms with Crippen LogP contribution in [0.1, 0.15) is 0 Å². The van der Waals surface area contributed by atoms with E-state index in [4.69, 9.17) is 4.42 Å². The number of pyridine rings is 1. The summed E-state index contributed by atoms with van der Waals surface area (Å²) in [6.45, 7) is 0. The van der Waals surface area contributed by atoms with Crippen LogP contribution in [0, 0.1) is 0 Å². The quantitative estimate of drug-likeness (QED) is 0.541. The van der Waals surface area contributed by atoms with Crippen LogP contribution in [0.3, 0.4) is 0 Å². The number of H-pyrrole nitrogens is 1. The summed E-state index contributed by atoms with van der Waals surface area (Å²) >= 11 is 0. The minimum Gasteiger partial charge on any atom is -0.463 e. The lowest BCUT2D eigenvalue weighted by Gasteiger charge is -1.96. The lowest BCUT2D eigenvalue weighted by atomic mass is 10.2. The van der Waals surface area contributed by atoms with Crippen LogP contribution in [-0.2, 0) is 0 Å². The smallest absolute Gasteiger partial charge is 0.152 e. The highest BCUT2D eigenvalue weighted by molar-refractivity contribution is 6.06. The maximum atomic E-state index is 5.37. The molecule has 0 saturated heterocycles. The number of rotatable bonds is 1. The van der Waals surface area contributed by atoms with Gasteiger partial charge in [-0.25, -0.2) is 4.98 Å². The van der Waals surface area contributed by atoms with Gasteiger partial charge in [0.1, 0.15) is 11.3 Å². The molecule has 0 bridgehead atoms. The molecule has 3 heteroatoms. The van der Waals surface area contributed by atoms with Gasteiger partial charge in [-0.2, -0.15) is 0 Å². The number of hydrogen-bond donors (Lipinski definition) is 1. The summed E-state index contributed by atoms with van der Waals surface area (Å²) in [5.41, 5.74) is 2.85. The van der Waals surface area contributed by atoms with Gasteiger partial charge in [0.05, 0.1) is 6.26 Å². The summed E-state index contributed by atoms with van der Waals surface area (Å²) in [5.74, 6) is 0.788. The van der Waals surface area contributed by atoms with Gasteiger partial charge in [0.15, 0.2) is 5.76 Å². The van der Waals surface area contributed by atoms with Gasteiger partial charge in [0, 0.05) is 16.3 Å². The van der Waals surface area contributed by atoms with Crippen LogP contribution in [0.5, 0.6) is 0 Å².